The van der Waals surface area contributed by atoms with Gasteiger partial charge >= 0.3 is 0 Å². The van der Waals surface area contributed by atoms with E-state index in [4.69, 9.17) is 5.73 Å². The third-order valence-corrected chi connectivity index (χ3v) is 4.10. The van der Waals surface area contributed by atoms with Crippen LogP contribution in [0.2, 0.25) is 0 Å². The zero-order chi connectivity index (χ0) is 11.2. The van der Waals surface area contributed by atoms with E-state index in [9.17, 15) is 0 Å². The Morgan fingerprint density at radius 3 is 2.62 bits per heavy atom. The van der Waals surface area contributed by atoms with Crippen molar-refractivity contribution in [2.24, 2.45) is 11.7 Å². The van der Waals surface area contributed by atoms with Gasteiger partial charge in [-0.3, -0.25) is 0 Å². The summed E-state index contributed by atoms with van der Waals surface area (Å²) in [5.74, 6) is 0.675. The molecule has 0 aliphatic heterocycles. The maximum Gasteiger partial charge on any atom is -0.00311 e. The van der Waals surface area contributed by atoms with Gasteiger partial charge in [0.05, 0.1) is 0 Å². The maximum atomic E-state index is 5.76. The van der Waals surface area contributed by atoms with Gasteiger partial charge in [0.2, 0.25) is 0 Å². The van der Waals surface area contributed by atoms with Gasteiger partial charge in [-0.15, -0.1) is 0 Å². The van der Waals surface area contributed by atoms with Gasteiger partial charge in [-0.05, 0) is 40.6 Å². The number of benzene rings is 2. The second-order valence-electron chi connectivity index (χ2n) is 5.12. The fourth-order valence-electron chi connectivity index (χ4n) is 2.69. The minimum absolute atomic E-state index is 0.332. The molecule has 16 heavy (non-hydrogen) atoms. The van der Waals surface area contributed by atoms with Crippen molar-refractivity contribution >= 4 is 10.8 Å². The van der Waals surface area contributed by atoms with E-state index in [1.807, 2.05) is 0 Å². The largest absolute Gasteiger partial charge is 0.330 e. The summed E-state index contributed by atoms with van der Waals surface area (Å²) in [7, 11) is 0. The molecule has 0 amide bonds. The van der Waals surface area contributed by atoms with Gasteiger partial charge in [-0.2, -0.15) is 0 Å². The van der Waals surface area contributed by atoms with Crippen LogP contribution in [0.25, 0.3) is 10.8 Å². The summed E-state index contributed by atoms with van der Waals surface area (Å²) < 4.78 is 0. The lowest BCUT2D eigenvalue weighted by atomic mass is 9.93. The van der Waals surface area contributed by atoms with Crippen LogP contribution in [-0.4, -0.2) is 6.54 Å². The van der Waals surface area contributed by atoms with E-state index in [2.05, 4.69) is 49.4 Å². The van der Waals surface area contributed by atoms with Gasteiger partial charge < -0.3 is 5.73 Å². The van der Waals surface area contributed by atoms with Crippen molar-refractivity contribution in [2.75, 3.05) is 6.54 Å². The van der Waals surface area contributed by atoms with Crippen molar-refractivity contribution in [3.05, 3.63) is 48.0 Å². The Morgan fingerprint density at radius 1 is 1.19 bits per heavy atom. The third kappa shape index (κ3) is 1.35. The molecule has 2 N–H and O–H groups in total. The summed E-state index contributed by atoms with van der Waals surface area (Å²) in [5, 5.41) is 2.66. The smallest absolute Gasteiger partial charge is 0.00311 e. The first kappa shape index (κ1) is 9.86. The van der Waals surface area contributed by atoms with Crippen molar-refractivity contribution in [2.45, 2.75) is 18.8 Å². The Kier molecular flexibility index (Phi) is 2.05. The van der Waals surface area contributed by atoms with Crippen LogP contribution >= 0.6 is 0 Å². The SMILES string of the molecule is CC1(c2ccc3ccccc3c2)CC1CN. The van der Waals surface area contributed by atoms with Gasteiger partial charge in [0.25, 0.3) is 0 Å². The first-order chi connectivity index (χ1) is 7.74. The lowest BCUT2D eigenvalue weighted by Gasteiger charge is -2.12. The average Bonchev–Trinajstić information content (AvgIpc) is 3.01. The first-order valence-electron chi connectivity index (χ1n) is 5.93. The molecular weight excluding hydrogens is 194 g/mol. The van der Waals surface area contributed by atoms with E-state index < -0.39 is 0 Å². The van der Waals surface area contributed by atoms with Crippen LogP contribution in [0.1, 0.15) is 18.9 Å². The predicted molar refractivity (Wildman–Crippen MR) is 68.5 cm³/mol. The Labute approximate surface area is 96.3 Å². The van der Waals surface area contributed by atoms with Crippen LogP contribution in [0.3, 0.4) is 0 Å². The van der Waals surface area contributed by atoms with E-state index in [1.165, 1.54) is 22.8 Å². The van der Waals surface area contributed by atoms with Crippen LogP contribution in [0.15, 0.2) is 42.5 Å². The Morgan fingerprint density at radius 2 is 1.94 bits per heavy atom. The zero-order valence-electron chi connectivity index (χ0n) is 9.61. The van der Waals surface area contributed by atoms with Gasteiger partial charge in [-0.1, -0.05) is 49.4 Å². The average molecular weight is 211 g/mol. The molecule has 1 fully saturated rings. The summed E-state index contributed by atoms with van der Waals surface area (Å²) in [6, 6.07) is 15.3. The van der Waals surface area contributed by atoms with E-state index in [1.54, 1.807) is 0 Å². The van der Waals surface area contributed by atoms with Crippen LogP contribution in [0.5, 0.6) is 0 Å². The fraction of sp³-hybridized carbons (Fsp3) is 0.333. The number of rotatable bonds is 2. The number of hydrogen-bond donors (Lipinski definition) is 1. The molecule has 2 unspecified atom stereocenters. The summed E-state index contributed by atoms with van der Waals surface area (Å²) in [6.45, 7) is 3.14. The minimum atomic E-state index is 0.332. The van der Waals surface area contributed by atoms with Crippen molar-refractivity contribution in [1.82, 2.24) is 0 Å². The summed E-state index contributed by atoms with van der Waals surface area (Å²) in [6.07, 6.45) is 1.24. The maximum absolute atomic E-state index is 5.76. The van der Waals surface area contributed by atoms with Gasteiger partial charge in [0, 0.05) is 0 Å². The Bertz CT molecular complexity index is 532. The molecule has 0 spiro atoms. The van der Waals surface area contributed by atoms with E-state index in [0.29, 0.717) is 11.3 Å². The Balaban J connectivity index is 2.06. The highest BCUT2D eigenvalue weighted by molar-refractivity contribution is 5.83. The third-order valence-electron chi connectivity index (χ3n) is 4.10. The molecule has 82 valence electrons. The molecular formula is C15H17N. The second-order valence-corrected chi connectivity index (χ2v) is 5.12. The van der Waals surface area contributed by atoms with Gasteiger partial charge in [-0.25, -0.2) is 0 Å². The molecule has 1 saturated carbocycles. The molecule has 2 atom stereocenters. The summed E-state index contributed by atoms with van der Waals surface area (Å²) in [5.41, 5.74) is 7.54. The Hall–Kier alpha value is -1.34. The molecule has 2 aromatic carbocycles. The highest BCUT2D eigenvalue weighted by atomic mass is 14.7. The highest BCUT2D eigenvalue weighted by Gasteiger charge is 2.49. The molecule has 1 nitrogen and oxygen atoms in total. The topological polar surface area (TPSA) is 26.0 Å². The highest BCUT2D eigenvalue weighted by Crippen LogP contribution is 2.53. The molecule has 0 radical (unpaired) electrons. The fourth-order valence-corrected chi connectivity index (χ4v) is 2.69. The normalized spacial score (nSPS) is 28.2. The van der Waals surface area contributed by atoms with Crippen molar-refractivity contribution in [1.29, 1.82) is 0 Å². The minimum Gasteiger partial charge on any atom is -0.330 e. The van der Waals surface area contributed by atoms with E-state index in [0.717, 1.165) is 6.54 Å². The quantitative estimate of drug-likeness (QED) is 0.811. The van der Waals surface area contributed by atoms with Crippen LogP contribution in [0.4, 0.5) is 0 Å². The number of nitrogens with two attached hydrogens (primary N) is 1. The van der Waals surface area contributed by atoms with E-state index >= 15 is 0 Å². The first-order valence-corrected chi connectivity index (χ1v) is 5.93. The molecule has 2 aromatic rings. The lowest BCUT2D eigenvalue weighted by molar-refractivity contribution is 0.667. The molecule has 0 heterocycles. The van der Waals surface area contributed by atoms with Crippen molar-refractivity contribution < 1.29 is 0 Å². The zero-order valence-corrected chi connectivity index (χ0v) is 9.61. The van der Waals surface area contributed by atoms with Crippen molar-refractivity contribution in [3.8, 4) is 0 Å². The monoisotopic (exact) mass is 211 g/mol. The molecule has 3 rings (SSSR count). The second kappa shape index (κ2) is 3.33. The molecule has 0 saturated heterocycles. The molecule has 0 aromatic heterocycles. The summed E-state index contributed by atoms with van der Waals surface area (Å²) in [4.78, 5) is 0. The standard InChI is InChI=1S/C15H17N/c1-15(9-14(15)10-16)13-7-6-11-4-2-3-5-12(11)8-13/h2-8,14H,9-10,16H2,1H3. The number of hydrogen-bond acceptors (Lipinski definition) is 1. The van der Waals surface area contributed by atoms with Gasteiger partial charge in [0.15, 0.2) is 0 Å². The van der Waals surface area contributed by atoms with Crippen LogP contribution in [-0.2, 0) is 5.41 Å². The van der Waals surface area contributed by atoms with Crippen LogP contribution in [0, 0.1) is 5.92 Å². The van der Waals surface area contributed by atoms with Crippen molar-refractivity contribution in [3.63, 3.8) is 0 Å². The molecule has 1 aliphatic carbocycles. The molecule has 1 aliphatic rings. The van der Waals surface area contributed by atoms with Crippen LogP contribution < -0.4 is 5.73 Å². The predicted octanol–water partition coefficient (Wildman–Crippen LogP) is 3.08. The summed E-state index contributed by atoms with van der Waals surface area (Å²) >= 11 is 0. The molecule has 0 bridgehead atoms. The molecule has 1 heteroatoms. The lowest BCUT2D eigenvalue weighted by Crippen LogP contribution is -2.11. The van der Waals surface area contributed by atoms with E-state index in [-0.39, 0.29) is 0 Å². The van der Waals surface area contributed by atoms with Gasteiger partial charge in [0.1, 0.15) is 0 Å². The number of fused-ring (bicyclic) bond motifs is 1.